The highest BCUT2D eigenvalue weighted by atomic mass is 35.5. The zero-order chi connectivity index (χ0) is 19.0. The third-order valence-electron chi connectivity index (χ3n) is 4.78. The topological polar surface area (TPSA) is 66.4 Å². The van der Waals surface area contributed by atoms with E-state index in [9.17, 15) is 14.7 Å². The van der Waals surface area contributed by atoms with Crippen molar-refractivity contribution < 1.29 is 14.7 Å². The van der Waals surface area contributed by atoms with E-state index in [1.165, 1.54) is 6.07 Å². The number of ketones is 1. The van der Waals surface area contributed by atoms with Gasteiger partial charge in [-0.3, -0.25) is 9.59 Å². The minimum Gasteiger partial charge on any atom is -0.375 e. The van der Waals surface area contributed by atoms with Gasteiger partial charge in [-0.1, -0.05) is 66.2 Å². The molecule has 0 spiro atoms. The Kier molecular flexibility index (Phi) is 4.30. The number of nitrogens with one attached hydrogen (secondary N) is 1. The normalized spacial score (nSPS) is 18.1. The summed E-state index contributed by atoms with van der Waals surface area (Å²) in [5, 5.41) is 13.9. The summed E-state index contributed by atoms with van der Waals surface area (Å²) in [5.74, 6) is -0.936. The van der Waals surface area contributed by atoms with E-state index in [-0.39, 0.29) is 12.2 Å². The number of hydrogen-bond acceptors (Lipinski definition) is 3. The van der Waals surface area contributed by atoms with Gasteiger partial charge in [0.15, 0.2) is 11.4 Å². The summed E-state index contributed by atoms with van der Waals surface area (Å²) in [4.78, 5) is 25.0. The lowest BCUT2D eigenvalue weighted by atomic mass is 9.88. The molecule has 2 N–H and O–H groups in total. The van der Waals surface area contributed by atoms with E-state index in [1.54, 1.807) is 24.3 Å². The summed E-state index contributed by atoms with van der Waals surface area (Å²) >= 11 is 5.99. The fourth-order valence-corrected chi connectivity index (χ4v) is 3.48. The Morgan fingerprint density at radius 3 is 2.33 bits per heavy atom. The minimum absolute atomic E-state index is 0.319. The molecular formula is C22H16ClNO3. The molecule has 0 radical (unpaired) electrons. The molecule has 0 fully saturated rings. The maximum atomic E-state index is 12.7. The van der Waals surface area contributed by atoms with Crippen molar-refractivity contribution in [3.63, 3.8) is 0 Å². The van der Waals surface area contributed by atoms with Crippen molar-refractivity contribution in [2.24, 2.45) is 0 Å². The van der Waals surface area contributed by atoms with Gasteiger partial charge in [0.2, 0.25) is 0 Å². The third kappa shape index (κ3) is 3.14. The molecule has 5 heteroatoms. The van der Waals surface area contributed by atoms with Crippen LogP contribution in [0.1, 0.15) is 22.3 Å². The molecule has 134 valence electrons. The average Bonchev–Trinajstić information content (AvgIpc) is 2.93. The monoisotopic (exact) mass is 377 g/mol. The van der Waals surface area contributed by atoms with Gasteiger partial charge in [0.1, 0.15) is 0 Å². The zero-order valence-electron chi connectivity index (χ0n) is 14.3. The summed E-state index contributed by atoms with van der Waals surface area (Å²) in [6.07, 6.45) is -0.350. The second-order valence-corrected chi connectivity index (χ2v) is 6.98. The first-order valence-corrected chi connectivity index (χ1v) is 8.88. The summed E-state index contributed by atoms with van der Waals surface area (Å²) in [5.41, 5.74) is 1.35. The maximum Gasteiger partial charge on any atom is 0.261 e. The quantitative estimate of drug-likeness (QED) is 0.661. The number of hydrogen-bond donors (Lipinski definition) is 2. The van der Waals surface area contributed by atoms with Gasteiger partial charge in [0.25, 0.3) is 5.91 Å². The molecule has 4 rings (SSSR count). The van der Waals surface area contributed by atoms with Crippen LogP contribution in [0.25, 0.3) is 11.1 Å². The molecule has 1 aliphatic rings. The van der Waals surface area contributed by atoms with Crippen LogP contribution in [0.3, 0.4) is 0 Å². The molecule has 0 aromatic heterocycles. The van der Waals surface area contributed by atoms with E-state index >= 15 is 0 Å². The molecule has 27 heavy (non-hydrogen) atoms. The molecule has 1 amide bonds. The van der Waals surface area contributed by atoms with E-state index in [4.69, 9.17) is 11.6 Å². The SMILES string of the molecule is O=C(CC1(O)C(=O)Nc2ccc(Cl)cc21)c1ccc(-c2ccccc2)cc1. The van der Waals surface area contributed by atoms with Gasteiger partial charge in [0.05, 0.1) is 6.42 Å². The molecule has 0 saturated carbocycles. The van der Waals surface area contributed by atoms with Crippen molar-refractivity contribution in [1.82, 2.24) is 0 Å². The Balaban J connectivity index is 1.59. The van der Waals surface area contributed by atoms with Crippen LogP contribution in [0, 0.1) is 0 Å². The smallest absolute Gasteiger partial charge is 0.261 e. The number of carbonyl (C=O) groups excluding carboxylic acids is 2. The van der Waals surface area contributed by atoms with Gasteiger partial charge in [-0.25, -0.2) is 0 Å². The number of benzene rings is 3. The molecule has 0 bridgehead atoms. The Hall–Kier alpha value is -2.95. The van der Waals surface area contributed by atoms with Crippen molar-refractivity contribution in [3.8, 4) is 11.1 Å². The molecule has 1 aliphatic heterocycles. The number of Topliss-reactive ketones (excluding diaryl/α,β-unsaturated/α-hetero) is 1. The summed E-state index contributed by atoms with van der Waals surface area (Å²) in [7, 11) is 0. The molecule has 1 atom stereocenters. The largest absolute Gasteiger partial charge is 0.375 e. The van der Waals surface area contributed by atoms with E-state index in [2.05, 4.69) is 5.32 Å². The predicted molar refractivity (Wildman–Crippen MR) is 105 cm³/mol. The van der Waals surface area contributed by atoms with Gasteiger partial charge in [-0.2, -0.15) is 0 Å². The number of carbonyl (C=O) groups is 2. The highest BCUT2D eigenvalue weighted by molar-refractivity contribution is 6.31. The van der Waals surface area contributed by atoms with Gasteiger partial charge in [-0.15, -0.1) is 0 Å². The number of aliphatic hydroxyl groups is 1. The van der Waals surface area contributed by atoms with Crippen LogP contribution >= 0.6 is 11.6 Å². The molecule has 0 aliphatic carbocycles. The fraction of sp³-hybridized carbons (Fsp3) is 0.0909. The van der Waals surface area contributed by atoms with E-state index < -0.39 is 11.5 Å². The molecular weight excluding hydrogens is 362 g/mol. The van der Waals surface area contributed by atoms with E-state index in [0.29, 0.717) is 21.8 Å². The lowest BCUT2D eigenvalue weighted by Crippen LogP contribution is -2.36. The summed E-state index contributed by atoms with van der Waals surface area (Å²) < 4.78 is 0. The Bertz CT molecular complexity index is 1030. The first-order chi connectivity index (χ1) is 13.0. The van der Waals surface area contributed by atoms with Crippen LogP contribution in [0.5, 0.6) is 0 Å². The van der Waals surface area contributed by atoms with Crippen molar-refractivity contribution in [2.75, 3.05) is 5.32 Å². The standard InChI is InChI=1S/C22H16ClNO3/c23-17-10-11-19-18(12-17)22(27,21(26)24-19)13-20(25)16-8-6-15(7-9-16)14-4-2-1-3-5-14/h1-12,27H,13H2,(H,24,26). The Morgan fingerprint density at radius 2 is 1.63 bits per heavy atom. The molecule has 3 aromatic carbocycles. The van der Waals surface area contributed by atoms with Crippen LogP contribution < -0.4 is 5.32 Å². The molecule has 4 nitrogen and oxygen atoms in total. The number of rotatable bonds is 4. The van der Waals surface area contributed by atoms with Crippen molar-refractivity contribution >= 4 is 29.0 Å². The first-order valence-electron chi connectivity index (χ1n) is 8.50. The van der Waals surface area contributed by atoms with Gasteiger partial charge in [0, 0.05) is 21.8 Å². The summed E-state index contributed by atoms with van der Waals surface area (Å²) in [6.45, 7) is 0. The van der Waals surface area contributed by atoms with E-state index in [0.717, 1.165) is 11.1 Å². The second kappa shape index (κ2) is 6.65. The number of halogens is 1. The third-order valence-corrected chi connectivity index (χ3v) is 5.02. The van der Waals surface area contributed by atoms with Gasteiger partial charge >= 0.3 is 0 Å². The van der Waals surface area contributed by atoms with Crippen LogP contribution in [-0.4, -0.2) is 16.8 Å². The zero-order valence-corrected chi connectivity index (χ0v) is 15.0. The van der Waals surface area contributed by atoms with Crippen molar-refractivity contribution in [1.29, 1.82) is 0 Å². The molecule has 0 saturated heterocycles. The predicted octanol–water partition coefficient (Wildman–Crippen LogP) is 4.42. The van der Waals surface area contributed by atoms with Crippen molar-refractivity contribution in [2.45, 2.75) is 12.0 Å². The number of anilines is 1. The fourth-order valence-electron chi connectivity index (χ4n) is 3.30. The van der Waals surface area contributed by atoms with E-state index in [1.807, 2.05) is 42.5 Å². The molecule has 3 aromatic rings. The summed E-state index contributed by atoms with van der Waals surface area (Å²) in [6, 6.07) is 21.7. The molecule has 1 unspecified atom stereocenters. The van der Waals surface area contributed by atoms with Crippen LogP contribution in [-0.2, 0) is 10.4 Å². The lowest BCUT2D eigenvalue weighted by molar-refractivity contribution is -0.133. The highest BCUT2D eigenvalue weighted by Crippen LogP contribution is 2.40. The van der Waals surface area contributed by atoms with Gasteiger partial charge in [-0.05, 0) is 29.3 Å². The number of fused-ring (bicyclic) bond motifs is 1. The Morgan fingerprint density at radius 1 is 0.963 bits per heavy atom. The van der Waals surface area contributed by atoms with Crippen LogP contribution in [0.15, 0.2) is 72.8 Å². The van der Waals surface area contributed by atoms with Crippen LogP contribution in [0.2, 0.25) is 5.02 Å². The van der Waals surface area contributed by atoms with Crippen molar-refractivity contribution in [3.05, 3.63) is 88.9 Å². The molecule has 1 heterocycles. The highest BCUT2D eigenvalue weighted by Gasteiger charge is 2.46. The maximum absolute atomic E-state index is 12.7. The second-order valence-electron chi connectivity index (χ2n) is 6.55. The average molecular weight is 378 g/mol. The van der Waals surface area contributed by atoms with Crippen LogP contribution in [0.4, 0.5) is 5.69 Å². The first kappa shape index (κ1) is 17.5. The number of amides is 1. The van der Waals surface area contributed by atoms with Gasteiger partial charge < -0.3 is 10.4 Å². The Labute approximate surface area is 161 Å². The lowest BCUT2D eigenvalue weighted by Gasteiger charge is -2.20. The minimum atomic E-state index is -1.92.